The zero-order valence-corrected chi connectivity index (χ0v) is 17.2. The summed E-state index contributed by atoms with van der Waals surface area (Å²) in [6, 6.07) is 18.2. The van der Waals surface area contributed by atoms with Crippen LogP contribution >= 0.6 is 0 Å². The van der Waals surface area contributed by atoms with E-state index in [1.807, 2.05) is 42.5 Å². The normalized spacial score (nSPS) is 11.9. The molecule has 0 aliphatic carbocycles. The van der Waals surface area contributed by atoms with Crippen molar-refractivity contribution in [3.63, 3.8) is 0 Å². The van der Waals surface area contributed by atoms with Crippen LogP contribution in [0.15, 0.2) is 71.6 Å². The first kappa shape index (κ1) is 20.6. The summed E-state index contributed by atoms with van der Waals surface area (Å²) in [5.41, 5.74) is 1.28. The van der Waals surface area contributed by atoms with Gasteiger partial charge in [0.05, 0.1) is 7.11 Å². The molecule has 0 aliphatic rings. The molecular weight excluding hydrogens is 388 g/mol. The van der Waals surface area contributed by atoms with Gasteiger partial charge in [-0.3, -0.25) is 4.79 Å². The summed E-state index contributed by atoms with van der Waals surface area (Å²) >= 11 is 0. The Bertz CT molecular complexity index is 1180. The van der Waals surface area contributed by atoms with E-state index in [-0.39, 0.29) is 16.6 Å². The van der Waals surface area contributed by atoms with Gasteiger partial charge in [0.2, 0.25) is 15.9 Å². The Hall–Kier alpha value is -3.16. The Labute approximate surface area is 170 Å². The number of hydrogen-bond acceptors (Lipinski definition) is 4. The molecule has 0 spiro atoms. The minimum atomic E-state index is -3.68. The van der Waals surface area contributed by atoms with Crippen molar-refractivity contribution in [2.24, 2.45) is 0 Å². The molecule has 0 radical (unpaired) electrons. The lowest BCUT2D eigenvalue weighted by atomic mass is 10.1. The molecule has 0 heterocycles. The van der Waals surface area contributed by atoms with Gasteiger partial charge in [0.25, 0.3) is 0 Å². The predicted molar refractivity (Wildman–Crippen MR) is 115 cm³/mol. The van der Waals surface area contributed by atoms with E-state index in [1.54, 1.807) is 18.2 Å². The van der Waals surface area contributed by atoms with E-state index in [4.69, 9.17) is 4.74 Å². The molecule has 6 nitrogen and oxygen atoms in total. The Morgan fingerprint density at radius 1 is 1.03 bits per heavy atom. The molecule has 3 aromatic carbocycles. The quantitative estimate of drug-likeness (QED) is 0.628. The van der Waals surface area contributed by atoms with Gasteiger partial charge in [-0.2, -0.15) is 0 Å². The zero-order valence-electron chi connectivity index (χ0n) is 16.4. The number of methoxy groups -OCH3 is 1. The predicted octanol–water partition coefficient (Wildman–Crippen LogP) is 3.75. The Morgan fingerprint density at radius 3 is 2.48 bits per heavy atom. The van der Waals surface area contributed by atoms with Crippen LogP contribution in [-0.2, 0) is 14.8 Å². The van der Waals surface area contributed by atoms with E-state index in [0.29, 0.717) is 11.3 Å². The SMILES string of the molecule is COc1ccc(/C=C/C(=O)Nc2cccc3ccccc23)cc1S(=O)(=O)N(C)C. The molecular formula is C22H22N2O4S. The van der Waals surface area contributed by atoms with Crippen molar-refractivity contribution in [3.8, 4) is 5.75 Å². The number of carbonyl (C=O) groups excluding carboxylic acids is 1. The number of sulfonamides is 1. The van der Waals surface area contributed by atoms with Crippen molar-refractivity contribution < 1.29 is 17.9 Å². The Kier molecular flexibility index (Phi) is 6.00. The van der Waals surface area contributed by atoms with Crippen molar-refractivity contribution in [2.75, 3.05) is 26.5 Å². The summed E-state index contributed by atoms with van der Waals surface area (Å²) in [6.07, 6.45) is 2.93. The lowest BCUT2D eigenvalue weighted by molar-refractivity contribution is -0.111. The van der Waals surface area contributed by atoms with E-state index in [2.05, 4.69) is 5.32 Å². The summed E-state index contributed by atoms with van der Waals surface area (Å²) in [4.78, 5) is 12.4. The minimum absolute atomic E-state index is 0.0432. The van der Waals surface area contributed by atoms with E-state index in [0.717, 1.165) is 15.1 Å². The third-order valence-corrected chi connectivity index (χ3v) is 6.26. The first-order chi connectivity index (χ1) is 13.8. The van der Waals surface area contributed by atoms with Gasteiger partial charge < -0.3 is 10.1 Å². The molecule has 150 valence electrons. The highest BCUT2D eigenvalue weighted by Gasteiger charge is 2.22. The van der Waals surface area contributed by atoms with Crippen molar-refractivity contribution in [1.29, 1.82) is 0 Å². The van der Waals surface area contributed by atoms with Gasteiger partial charge in [-0.1, -0.05) is 42.5 Å². The van der Waals surface area contributed by atoms with Crippen LogP contribution in [-0.4, -0.2) is 39.8 Å². The molecule has 1 amide bonds. The molecule has 3 rings (SSSR count). The average molecular weight is 410 g/mol. The van der Waals surface area contributed by atoms with Gasteiger partial charge in [0.15, 0.2) is 0 Å². The highest BCUT2D eigenvalue weighted by atomic mass is 32.2. The van der Waals surface area contributed by atoms with Crippen LogP contribution in [0.25, 0.3) is 16.8 Å². The summed E-state index contributed by atoms with van der Waals surface area (Å²) in [5.74, 6) is -0.0646. The standard InChI is InChI=1S/C22H22N2O4S/c1-24(2)29(26,27)21-15-16(11-13-20(21)28-3)12-14-22(25)23-19-10-6-8-17-7-4-5-9-18(17)19/h4-15H,1-3H3,(H,23,25)/b14-12+. The fourth-order valence-electron chi connectivity index (χ4n) is 2.88. The molecule has 0 fully saturated rings. The van der Waals surface area contributed by atoms with Crippen LogP contribution in [0.4, 0.5) is 5.69 Å². The van der Waals surface area contributed by atoms with Gasteiger partial charge >= 0.3 is 0 Å². The second kappa shape index (κ2) is 8.46. The van der Waals surface area contributed by atoms with E-state index >= 15 is 0 Å². The number of anilines is 1. The van der Waals surface area contributed by atoms with Crippen LogP contribution in [0.5, 0.6) is 5.75 Å². The number of hydrogen-bond donors (Lipinski definition) is 1. The molecule has 7 heteroatoms. The Morgan fingerprint density at radius 2 is 1.76 bits per heavy atom. The number of fused-ring (bicyclic) bond motifs is 1. The molecule has 0 bridgehead atoms. The molecule has 0 saturated carbocycles. The number of amides is 1. The van der Waals surface area contributed by atoms with Crippen LogP contribution in [0.2, 0.25) is 0 Å². The topological polar surface area (TPSA) is 75.7 Å². The monoisotopic (exact) mass is 410 g/mol. The highest BCUT2D eigenvalue weighted by Crippen LogP contribution is 2.27. The third-order valence-electron chi connectivity index (χ3n) is 4.42. The lowest BCUT2D eigenvalue weighted by Gasteiger charge is -2.15. The van der Waals surface area contributed by atoms with Crippen molar-refractivity contribution in [1.82, 2.24) is 4.31 Å². The first-order valence-corrected chi connectivity index (χ1v) is 10.3. The van der Waals surface area contributed by atoms with Crippen LogP contribution in [0.1, 0.15) is 5.56 Å². The maximum Gasteiger partial charge on any atom is 0.248 e. The molecule has 0 unspecified atom stereocenters. The largest absolute Gasteiger partial charge is 0.495 e. The van der Waals surface area contributed by atoms with E-state index < -0.39 is 10.0 Å². The van der Waals surface area contributed by atoms with Crippen molar-refractivity contribution >= 4 is 38.5 Å². The number of nitrogens with zero attached hydrogens (tertiary/aromatic N) is 1. The van der Waals surface area contributed by atoms with Crippen LogP contribution < -0.4 is 10.1 Å². The second-order valence-corrected chi connectivity index (χ2v) is 8.67. The summed E-state index contributed by atoms with van der Waals surface area (Å²) in [6.45, 7) is 0. The molecule has 3 aromatic rings. The molecule has 0 aromatic heterocycles. The zero-order chi connectivity index (χ0) is 21.0. The van der Waals surface area contributed by atoms with Gasteiger partial charge in [-0.25, -0.2) is 12.7 Å². The Balaban J connectivity index is 1.85. The number of benzene rings is 3. The molecule has 0 atom stereocenters. The average Bonchev–Trinajstić information content (AvgIpc) is 2.72. The van der Waals surface area contributed by atoms with Crippen LogP contribution in [0, 0.1) is 0 Å². The summed E-state index contributed by atoms with van der Waals surface area (Å²) < 4.78 is 31.3. The fraction of sp³-hybridized carbons (Fsp3) is 0.136. The van der Waals surface area contributed by atoms with Crippen LogP contribution in [0.3, 0.4) is 0 Å². The molecule has 0 saturated heterocycles. The minimum Gasteiger partial charge on any atom is -0.495 e. The fourth-order valence-corrected chi connectivity index (χ4v) is 3.96. The second-order valence-electron chi connectivity index (χ2n) is 6.55. The maximum absolute atomic E-state index is 12.5. The molecule has 1 N–H and O–H groups in total. The summed E-state index contributed by atoms with van der Waals surface area (Å²) in [5, 5.41) is 4.84. The highest BCUT2D eigenvalue weighted by molar-refractivity contribution is 7.89. The van der Waals surface area contributed by atoms with Gasteiger partial charge in [0, 0.05) is 31.2 Å². The van der Waals surface area contributed by atoms with Gasteiger partial charge in [-0.15, -0.1) is 0 Å². The number of ether oxygens (including phenoxy) is 1. The van der Waals surface area contributed by atoms with Gasteiger partial charge in [-0.05, 0) is 35.2 Å². The third kappa shape index (κ3) is 4.47. The number of carbonyl (C=O) groups is 1. The lowest BCUT2D eigenvalue weighted by Crippen LogP contribution is -2.22. The van der Waals surface area contributed by atoms with Gasteiger partial charge in [0.1, 0.15) is 10.6 Å². The number of nitrogens with one attached hydrogen (secondary N) is 1. The van der Waals surface area contributed by atoms with E-state index in [1.165, 1.54) is 33.3 Å². The van der Waals surface area contributed by atoms with E-state index in [9.17, 15) is 13.2 Å². The molecule has 29 heavy (non-hydrogen) atoms. The number of rotatable bonds is 6. The van der Waals surface area contributed by atoms with Crippen molar-refractivity contribution in [2.45, 2.75) is 4.90 Å². The van der Waals surface area contributed by atoms with Crippen molar-refractivity contribution in [3.05, 3.63) is 72.3 Å². The first-order valence-electron chi connectivity index (χ1n) is 8.90. The summed E-state index contributed by atoms with van der Waals surface area (Å²) in [7, 11) is 0.641. The maximum atomic E-state index is 12.5. The molecule has 0 aliphatic heterocycles. The smallest absolute Gasteiger partial charge is 0.248 e.